The van der Waals surface area contributed by atoms with Gasteiger partial charge in [-0.3, -0.25) is 4.79 Å². The maximum Gasteiger partial charge on any atom is 0.227 e. The second kappa shape index (κ2) is 6.63. The number of morpholine rings is 1. The fraction of sp³-hybridized carbons (Fsp3) is 0.500. The molecule has 0 aromatic heterocycles. The summed E-state index contributed by atoms with van der Waals surface area (Å²) in [6, 6.07) is 6.51. The zero-order valence-electron chi connectivity index (χ0n) is 10.8. The summed E-state index contributed by atoms with van der Waals surface area (Å²) < 4.78 is 18.8. The summed E-state index contributed by atoms with van der Waals surface area (Å²) in [5.74, 6) is -0.653. The van der Waals surface area contributed by atoms with Gasteiger partial charge in [0.25, 0.3) is 0 Å². The number of benzene rings is 1. The number of halogens is 1. The molecule has 1 unspecified atom stereocenters. The van der Waals surface area contributed by atoms with E-state index in [1.54, 1.807) is 23.1 Å². The fourth-order valence-electron chi connectivity index (χ4n) is 2.24. The van der Waals surface area contributed by atoms with Crippen molar-refractivity contribution in [1.82, 2.24) is 4.90 Å². The van der Waals surface area contributed by atoms with Crippen LogP contribution in [-0.2, 0) is 16.0 Å². The number of nitrogens with zero attached hydrogens (tertiary/aromatic N) is 1. The third-order valence-electron chi connectivity index (χ3n) is 3.38. The molecular weight excluding hydrogens is 247 g/mol. The first-order valence-corrected chi connectivity index (χ1v) is 6.52. The van der Waals surface area contributed by atoms with Gasteiger partial charge in [-0.1, -0.05) is 18.2 Å². The molecule has 1 aliphatic heterocycles. The molecule has 1 amide bonds. The van der Waals surface area contributed by atoms with Gasteiger partial charge in [-0.05, 0) is 18.1 Å². The van der Waals surface area contributed by atoms with Gasteiger partial charge in [0, 0.05) is 19.6 Å². The van der Waals surface area contributed by atoms with Gasteiger partial charge in [0.05, 0.1) is 19.1 Å². The fourth-order valence-corrected chi connectivity index (χ4v) is 2.24. The van der Waals surface area contributed by atoms with Gasteiger partial charge < -0.3 is 15.4 Å². The molecule has 2 rings (SSSR count). The minimum atomic E-state index is -0.366. The van der Waals surface area contributed by atoms with Gasteiger partial charge in [0.15, 0.2) is 0 Å². The van der Waals surface area contributed by atoms with E-state index < -0.39 is 0 Å². The zero-order chi connectivity index (χ0) is 13.7. The Morgan fingerprint density at radius 1 is 1.37 bits per heavy atom. The van der Waals surface area contributed by atoms with E-state index in [0.717, 1.165) is 0 Å². The smallest absolute Gasteiger partial charge is 0.227 e. The van der Waals surface area contributed by atoms with E-state index in [9.17, 15) is 9.18 Å². The number of hydrogen-bond donors (Lipinski definition) is 1. The van der Waals surface area contributed by atoms with Crippen LogP contribution in [0.2, 0.25) is 0 Å². The third-order valence-corrected chi connectivity index (χ3v) is 3.38. The Morgan fingerprint density at radius 2 is 2.05 bits per heavy atom. The maximum absolute atomic E-state index is 13.6. The highest BCUT2D eigenvalue weighted by Crippen LogP contribution is 2.15. The van der Waals surface area contributed by atoms with Crippen molar-refractivity contribution in [3.05, 3.63) is 35.6 Å². The Kier molecular flexibility index (Phi) is 4.87. The molecule has 0 saturated carbocycles. The molecule has 1 atom stereocenters. The van der Waals surface area contributed by atoms with E-state index in [1.165, 1.54) is 6.07 Å². The highest BCUT2D eigenvalue weighted by molar-refractivity contribution is 5.79. The van der Waals surface area contributed by atoms with Crippen LogP contribution in [0.25, 0.3) is 0 Å². The van der Waals surface area contributed by atoms with E-state index in [0.29, 0.717) is 38.3 Å². The predicted molar refractivity (Wildman–Crippen MR) is 70.0 cm³/mol. The highest BCUT2D eigenvalue weighted by Gasteiger charge is 2.25. The predicted octanol–water partition coefficient (Wildman–Crippen LogP) is 0.802. The number of hydrogen-bond acceptors (Lipinski definition) is 3. The third kappa shape index (κ3) is 3.52. The first-order valence-electron chi connectivity index (χ1n) is 6.52. The Bertz CT molecular complexity index is 433. The number of ether oxygens (including phenoxy) is 1. The molecule has 0 bridgehead atoms. The highest BCUT2D eigenvalue weighted by atomic mass is 19.1. The summed E-state index contributed by atoms with van der Waals surface area (Å²) in [5, 5.41) is 0. The Hall–Kier alpha value is -1.46. The van der Waals surface area contributed by atoms with Crippen LogP contribution in [0.15, 0.2) is 24.3 Å². The molecule has 5 heteroatoms. The van der Waals surface area contributed by atoms with Crippen LogP contribution < -0.4 is 5.73 Å². The Balaban J connectivity index is 2.03. The van der Waals surface area contributed by atoms with Gasteiger partial charge in [0.1, 0.15) is 5.82 Å². The molecule has 0 aliphatic carbocycles. The molecule has 1 heterocycles. The first-order chi connectivity index (χ1) is 9.22. The Labute approximate surface area is 112 Å². The molecule has 19 heavy (non-hydrogen) atoms. The van der Waals surface area contributed by atoms with E-state index in [1.807, 2.05) is 0 Å². The molecule has 1 aliphatic rings. The number of carbonyl (C=O) groups is 1. The molecule has 1 aromatic rings. The van der Waals surface area contributed by atoms with Gasteiger partial charge in [-0.15, -0.1) is 0 Å². The van der Waals surface area contributed by atoms with Gasteiger partial charge >= 0.3 is 0 Å². The number of nitrogens with two attached hydrogens (primary N) is 1. The number of carbonyl (C=O) groups excluding carboxylic acids is 1. The van der Waals surface area contributed by atoms with Gasteiger partial charge in [0.2, 0.25) is 5.91 Å². The molecule has 1 fully saturated rings. The second-order valence-electron chi connectivity index (χ2n) is 4.67. The van der Waals surface area contributed by atoms with Crippen LogP contribution in [0.1, 0.15) is 5.56 Å². The van der Waals surface area contributed by atoms with Crippen molar-refractivity contribution in [2.24, 2.45) is 11.7 Å². The SMILES string of the molecule is NCC(Cc1ccccc1F)C(=O)N1CCOCC1. The standard InChI is InChI=1S/C14H19FN2O2/c15-13-4-2-1-3-11(13)9-12(10-16)14(18)17-5-7-19-8-6-17/h1-4,12H,5-10,16H2. The van der Waals surface area contributed by atoms with Crippen molar-refractivity contribution < 1.29 is 13.9 Å². The molecule has 1 saturated heterocycles. The van der Waals surface area contributed by atoms with Crippen molar-refractivity contribution in [2.45, 2.75) is 6.42 Å². The van der Waals surface area contributed by atoms with E-state index in [-0.39, 0.29) is 24.2 Å². The van der Waals surface area contributed by atoms with Crippen molar-refractivity contribution in [1.29, 1.82) is 0 Å². The van der Waals surface area contributed by atoms with Crippen LogP contribution in [-0.4, -0.2) is 43.7 Å². The largest absolute Gasteiger partial charge is 0.378 e. The lowest BCUT2D eigenvalue weighted by Crippen LogP contribution is -2.46. The quantitative estimate of drug-likeness (QED) is 0.877. The lowest BCUT2D eigenvalue weighted by molar-refractivity contribution is -0.139. The normalized spacial score (nSPS) is 17.3. The Morgan fingerprint density at radius 3 is 2.68 bits per heavy atom. The van der Waals surface area contributed by atoms with Crippen LogP contribution in [0, 0.1) is 11.7 Å². The van der Waals surface area contributed by atoms with Gasteiger partial charge in [-0.25, -0.2) is 4.39 Å². The summed E-state index contributed by atoms with van der Waals surface area (Å²) >= 11 is 0. The summed E-state index contributed by atoms with van der Waals surface area (Å²) in [6.45, 7) is 2.52. The average molecular weight is 266 g/mol. The summed E-state index contributed by atoms with van der Waals surface area (Å²) in [5.41, 5.74) is 6.22. The minimum Gasteiger partial charge on any atom is -0.378 e. The molecule has 2 N–H and O–H groups in total. The molecule has 0 radical (unpaired) electrons. The maximum atomic E-state index is 13.6. The second-order valence-corrected chi connectivity index (χ2v) is 4.67. The van der Waals surface area contributed by atoms with E-state index in [2.05, 4.69) is 0 Å². The molecule has 4 nitrogen and oxygen atoms in total. The van der Waals surface area contributed by atoms with Crippen LogP contribution >= 0.6 is 0 Å². The number of rotatable bonds is 4. The van der Waals surface area contributed by atoms with E-state index >= 15 is 0 Å². The topological polar surface area (TPSA) is 55.6 Å². The van der Waals surface area contributed by atoms with Crippen molar-refractivity contribution in [2.75, 3.05) is 32.8 Å². The monoisotopic (exact) mass is 266 g/mol. The summed E-state index contributed by atoms with van der Waals surface area (Å²) in [7, 11) is 0. The van der Waals surface area contributed by atoms with Gasteiger partial charge in [-0.2, -0.15) is 0 Å². The lowest BCUT2D eigenvalue weighted by Gasteiger charge is -2.30. The summed E-state index contributed by atoms with van der Waals surface area (Å²) in [6.07, 6.45) is 0.347. The first kappa shape index (κ1) is 14.0. The van der Waals surface area contributed by atoms with Crippen LogP contribution in [0.3, 0.4) is 0 Å². The molecule has 1 aromatic carbocycles. The van der Waals surface area contributed by atoms with Crippen molar-refractivity contribution in [3.63, 3.8) is 0 Å². The minimum absolute atomic E-state index is 0.00551. The zero-order valence-corrected chi connectivity index (χ0v) is 10.8. The lowest BCUT2D eigenvalue weighted by atomic mass is 9.97. The molecule has 0 spiro atoms. The number of amides is 1. The van der Waals surface area contributed by atoms with Crippen molar-refractivity contribution >= 4 is 5.91 Å². The van der Waals surface area contributed by atoms with Crippen LogP contribution in [0.5, 0.6) is 0 Å². The molecular formula is C14H19FN2O2. The summed E-state index contributed by atoms with van der Waals surface area (Å²) in [4.78, 5) is 14.1. The van der Waals surface area contributed by atoms with E-state index in [4.69, 9.17) is 10.5 Å². The van der Waals surface area contributed by atoms with Crippen LogP contribution in [0.4, 0.5) is 4.39 Å². The average Bonchev–Trinajstić information content (AvgIpc) is 2.47. The van der Waals surface area contributed by atoms with Crippen molar-refractivity contribution in [3.8, 4) is 0 Å². The molecule has 104 valence electrons.